The lowest BCUT2D eigenvalue weighted by molar-refractivity contribution is 1.29. The highest BCUT2D eigenvalue weighted by Crippen LogP contribution is 2.36. The number of fused-ring (bicyclic) bond motifs is 2. The summed E-state index contributed by atoms with van der Waals surface area (Å²) in [4.78, 5) is 2.22. The Morgan fingerprint density at radius 2 is 0.829 bits per heavy atom. The predicted octanol–water partition coefficient (Wildman–Crippen LogP) is 11.3. The summed E-state index contributed by atoms with van der Waals surface area (Å²) in [6.45, 7) is 0. The second kappa shape index (κ2) is 11.0. The third-order valence-electron chi connectivity index (χ3n) is 7.45. The van der Waals surface area contributed by atoms with Crippen LogP contribution in [0.1, 0.15) is 13.9 Å². The van der Waals surface area contributed by atoms with Crippen molar-refractivity contribution in [3.8, 4) is 11.1 Å². The molecule has 0 spiro atoms. The topological polar surface area (TPSA) is 3.24 Å². The molecule has 0 aliphatic carbocycles. The first kappa shape index (κ1) is 22.4. The van der Waals surface area contributed by atoms with Gasteiger partial charge in [-0.2, -0.15) is 0 Å². The lowest BCUT2D eigenvalue weighted by Crippen LogP contribution is -2.09. The Morgan fingerprint density at radius 3 is 1.49 bits per heavy atom. The lowest BCUT2D eigenvalue weighted by atomic mass is 10.00. The number of hydrogen-bond acceptors (Lipinski definition) is 1. The minimum atomic E-state index is 0.196. The molecule has 0 unspecified atom stereocenters. The summed E-state index contributed by atoms with van der Waals surface area (Å²) in [7, 11) is 0. The van der Waals surface area contributed by atoms with Crippen molar-refractivity contribution in [1.82, 2.24) is 0 Å². The van der Waals surface area contributed by atoms with Gasteiger partial charge in [0, 0.05) is 17.1 Å². The standard InChI is InChI=1S/C40H29N/c1-2-12-38(13-3-1)41(40-27-24-33-9-5-7-11-36(33)29-40)39-25-18-31(19-26-39)15-14-30-16-20-34(21-17-30)37-23-22-32-8-4-6-10-35(32)28-37/h1-29H/b15-14+/i14D,15D. The van der Waals surface area contributed by atoms with Crippen LogP contribution in [0.25, 0.3) is 44.8 Å². The van der Waals surface area contributed by atoms with Gasteiger partial charge in [0.15, 0.2) is 0 Å². The molecular weight excluding hydrogens is 494 g/mol. The maximum Gasteiger partial charge on any atom is 0.0629 e. The Morgan fingerprint density at radius 1 is 0.366 bits per heavy atom. The van der Waals surface area contributed by atoms with E-state index in [0.717, 1.165) is 33.8 Å². The van der Waals surface area contributed by atoms with E-state index in [0.29, 0.717) is 5.56 Å². The van der Waals surface area contributed by atoms with Crippen LogP contribution >= 0.6 is 0 Å². The second-order valence-electron chi connectivity index (χ2n) is 10.1. The smallest absolute Gasteiger partial charge is 0.0629 e. The first-order valence-corrected chi connectivity index (χ1v) is 13.9. The van der Waals surface area contributed by atoms with E-state index in [4.69, 9.17) is 2.74 Å². The summed E-state index contributed by atoms with van der Waals surface area (Å²) in [6.07, 6.45) is 0. The molecule has 7 rings (SSSR count). The van der Waals surface area contributed by atoms with Gasteiger partial charge in [0.25, 0.3) is 0 Å². The van der Waals surface area contributed by atoms with Crippen molar-refractivity contribution in [1.29, 1.82) is 0 Å². The molecule has 0 bridgehead atoms. The fraction of sp³-hybridized carbons (Fsp3) is 0. The van der Waals surface area contributed by atoms with Crippen molar-refractivity contribution in [2.24, 2.45) is 0 Å². The Balaban J connectivity index is 1.18. The van der Waals surface area contributed by atoms with E-state index in [9.17, 15) is 0 Å². The van der Waals surface area contributed by atoms with Gasteiger partial charge < -0.3 is 4.90 Å². The summed E-state index contributed by atoms with van der Waals surface area (Å²) >= 11 is 0. The van der Waals surface area contributed by atoms with Crippen LogP contribution in [-0.2, 0) is 0 Å². The Bertz CT molecular complexity index is 2080. The van der Waals surface area contributed by atoms with Crippen LogP contribution in [0.15, 0.2) is 164 Å². The molecule has 0 aliphatic rings. The van der Waals surface area contributed by atoms with E-state index in [2.05, 4.69) is 102 Å². The Labute approximate surface area is 244 Å². The third-order valence-corrected chi connectivity index (χ3v) is 7.45. The third kappa shape index (κ3) is 5.26. The van der Waals surface area contributed by atoms with Gasteiger partial charge in [0.05, 0.1) is 2.74 Å². The molecule has 194 valence electrons. The van der Waals surface area contributed by atoms with E-state index >= 15 is 0 Å². The summed E-state index contributed by atoms with van der Waals surface area (Å²) < 4.78 is 17.6. The van der Waals surface area contributed by atoms with Crippen molar-refractivity contribution in [3.63, 3.8) is 0 Å². The lowest BCUT2D eigenvalue weighted by Gasteiger charge is -2.26. The molecule has 7 aromatic carbocycles. The maximum atomic E-state index is 8.84. The molecule has 0 heterocycles. The van der Waals surface area contributed by atoms with Gasteiger partial charge in [-0.3, -0.25) is 0 Å². The molecule has 0 saturated heterocycles. The van der Waals surface area contributed by atoms with Gasteiger partial charge in [0.2, 0.25) is 0 Å². The van der Waals surface area contributed by atoms with Gasteiger partial charge in [-0.15, -0.1) is 0 Å². The van der Waals surface area contributed by atoms with Crippen molar-refractivity contribution in [2.45, 2.75) is 0 Å². The SMILES string of the molecule is [2H]/C(=C(/[2H])c1ccc(N(c2ccccc2)c2ccc3ccccc3c2)cc1)c1ccc(-c2ccc3ccccc3c2)cc1. The van der Waals surface area contributed by atoms with Crippen LogP contribution < -0.4 is 4.90 Å². The zero-order chi connectivity index (χ0) is 29.2. The Kier molecular flexibility index (Phi) is 6.01. The van der Waals surface area contributed by atoms with Gasteiger partial charge in [-0.05, 0) is 86.3 Å². The number of nitrogens with zero attached hydrogens (tertiary/aromatic N) is 1. The fourth-order valence-electron chi connectivity index (χ4n) is 5.29. The summed E-state index contributed by atoms with van der Waals surface area (Å²) in [5.74, 6) is 0. The van der Waals surface area contributed by atoms with Crippen molar-refractivity contribution >= 4 is 50.7 Å². The number of para-hydroxylation sites is 1. The second-order valence-corrected chi connectivity index (χ2v) is 10.1. The summed E-state index contributed by atoms with van der Waals surface area (Å²) in [6, 6.07) is 56.2. The van der Waals surface area contributed by atoms with Gasteiger partial charge in [-0.25, -0.2) is 0 Å². The minimum Gasteiger partial charge on any atom is -0.310 e. The summed E-state index contributed by atoms with van der Waals surface area (Å²) in [5, 5.41) is 4.80. The van der Waals surface area contributed by atoms with Crippen LogP contribution in [0.2, 0.25) is 0 Å². The van der Waals surface area contributed by atoms with E-state index in [-0.39, 0.29) is 12.1 Å². The van der Waals surface area contributed by atoms with E-state index in [1.54, 1.807) is 0 Å². The molecule has 1 nitrogen and oxygen atoms in total. The highest BCUT2D eigenvalue weighted by Gasteiger charge is 2.12. The largest absolute Gasteiger partial charge is 0.310 e. The first-order chi connectivity index (χ1) is 21.1. The van der Waals surface area contributed by atoms with E-state index < -0.39 is 0 Å². The van der Waals surface area contributed by atoms with Gasteiger partial charge in [-0.1, -0.05) is 133 Å². The zero-order valence-corrected chi connectivity index (χ0v) is 22.5. The molecule has 0 aliphatic heterocycles. The normalized spacial score (nSPS) is 12.5. The molecule has 41 heavy (non-hydrogen) atoms. The van der Waals surface area contributed by atoms with Crippen molar-refractivity contribution in [2.75, 3.05) is 4.90 Å². The molecule has 0 saturated carbocycles. The predicted molar refractivity (Wildman–Crippen MR) is 177 cm³/mol. The van der Waals surface area contributed by atoms with Crippen LogP contribution in [0.4, 0.5) is 17.1 Å². The molecule has 7 aromatic rings. The molecular formula is C40H29N. The number of anilines is 3. The van der Waals surface area contributed by atoms with Gasteiger partial charge in [0.1, 0.15) is 0 Å². The molecule has 0 atom stereocenters. The van der Waals surface area contributed by atoms with Crippen LogP contribution in [0.5, 0.6) is 0 Å². The first-order valence-electron chi connectivity index (χ1n) is 14.9. The molecule has 0 fully saturated rings. The zero-order valence-electron chi connectivity index (χ0n) is 24.5. The highest BCUT2D eigenvalue weighted by molar-refractivity contribution is 5.90. The molecule has 0 aromatic heterocycles. The average molecular weight is 526 g/mol. The van der Waals surface area contributed by atoms with E-state index in [1.807, 2.05) is 66.7 Å². The Hall–Kier alpha value is -5.40. The monoisotopic (exact) mass is 525 g/mol. The number of hydrogen-bond donors (Lipinski definition) is 0. The maximum absolute atomic E-state index is 8.84. The summed E-state index contributed by atoms with van der Waals surface area (Å²) in [5.41, 5.74) is 6.76. The molecule has 1 heteroatoms. The molecule has 0 radical (unpaired) electrons. The fourth-order valence-corrected chi connectivity index (χ4v) is 5.29. The molecule has 0 N–H and O–H groups in total. The van der Waals surface area contributed by atoms with Crippen LogP contribution in [0.3, 0.4) is 0 Å². The van der Waals surface area contributed by atoms with Crippen molar-refractivity contribution in [3.05, 3.63) is 175 Å². The minimum absolute atomic E-state index is 0.196. The van der Waals surface area contributed by atoms with Crippen molar-refractivity contribution < 1.29 is 2.74 Å². The van der Waals surface area contributed by atoms with Gasteiger partial charge >= 0.3 is 0 Å². The molecule has 0 amide bonds. The van der Waals surface area contributed by atoms with Crippen LogP contribution in [0, 0.1) is 0 Å². The quantitative estimate of drug-likeness (QED) is 0.195. The van der Waals surface area contributed by atoms with Crippen LogP contribution in [-0.4, -0.2) is 0 Å². The van der Waals surface area contributed by atoms with E-state index in [1.165, 1.54) is 21.5 Å². The average Bonchev–Trinajstić information content (AvgIpc) is 3.08. The number of rotatable bonds is 6. The number of benzene rings is 7. The highest BCUT2D eigenvalue weighted by atomic mass is 15.1.